The van der Waals surface area contributed by atoms with Crippen molar-refractivity contribution in [2.75, 3.05) is 0 Å². The lowest BCUT2D eigenvalue weighted by molar-refractivity contribution is 0.0979. The molecular weight excluding hydrogens is 697 g/mol. The van der Waals surface area contributed by atoms with Crippen molar-refractivity contribution in [3.8, 4) is 45.6 Å². The Balaban J connectivity index is 0.000000190. The molecule has 0 saturated carbocycles. The van der Waals surface area contributed by atoms with Crippen molar-refractivity contribution in [1.82, 2.24) is 39.9 Å². The van der Waals surface area contributed by atoms with Gasteiger partial charge in [-0.3, -0.25) is 9.59 Å². The number of ketones is 2. The van der Waals surface area contributed by atoms with Gasteiger partial charge in [-0.25, -0.2) is 29.9 Å². The van der Waals surface area contributed by atoms with Gasteiger partial charge in [0.25, 0.3) is 0 Å². The first-order valence-corrected chi connectivity index (χ1v) is 18.1. The van der Waals surface area contributed by atoms with Crippen LogP contribution in [0, 0.1) is 0 Å². The van der Waals surface area contributed by atoms with Crippen LogP contribution in [0.5, 0.6) is 0 Å². The molecule has 56 heavy (non-hydrogen) atoms. The highest BCUT2D eigenvalue weighted by Crippen LogP contribution is 2.36. The molecule has 3 aliphatic rings. The monoisotopic (exact) mass is 722 g/mol. The van der Waals surface area contributed by atoms with E-state index in [4.69, 9.17) is 29.9 Å². The lowest BCUT2D eigenvalue weighted by Gasteiger charge is -2.16. The number of aromatic amines is 2. The number of carbonyl (C=O) groups excluding carboxylic acids is 2. The van der Waals surface area contributed by atoms with Crippen molar-refractivity contribution in [1.29, 1.82) is 0 Å². The highest BCUT2D eigenvalue weighted by molar-refractivity contribution is 6.28. The Hall–Kier alpha value is -7.98. The summed E-state index contributed by atoms with van der Waals surface area (Å²) in [5.41, 5.74) is 8.47. The van der Waals surface area contributed by atoms with Crippen LogP contribution in [-0.4, -0.2) is 51.4 Å². The molecule has 12 rings (SSSR count). The second-order valence-electron chi connectivity index (χ2n) is 13.5. The Labute approximate surface area is 317 Å². The zero-order valence-corrected chi connectivity index (χ0v) is 29.4. The number of aromatic nitrogens is 8. The molecule has 10 heteroatoms. The Morgan fingerprint density at radius 3 is 0.732 bits per heavy atom. The van der Waals surface area contributed by atoms with Gasteiger partial charge in [0.1, 0.15) is 22.6 Å². The van der Waals surface area contributed by atoms with Crippen LogP contribution in [0.15, 0.2) is 146 Å². The molecule has 10 nitrogen and oxygen atoms in total. The Bertz CT molecular complexity index is 2900. The maximum atomic E-state index is 12.1. The highest BCUT2D eigenvalue weighted by Gasteiger charge is 2.28. The van der Waals surface area contributed by atoms with Gasteiger partial charge in [-0.05, 0) is 0 Å². The predicted octanol–water partition coefficient (Wildman–Crippen LogP) is 9.33. The normalized spacial score (nSPS) is 12.4. The first-order chi connectivity index (χ1) is 27.6. The van der Waals surface area contributed by atoms with Crippen molar-refractivity contribution in [2.24, 2.45) is 0 Å². The quantitative estimate of drug-likeness (QED) is 0.158. The van der Waals surface area contributed by atoms with Gasteiger partial charge in [0.05, 0.1) is 0 Å². The van der Waals surface area contributed by atoms with Crippen LogP contribution in [0.2, 0.25) is 0 Å². The van der Waals surface area contributed by atoms with Gasteiger partial charge in [-0.1, -0.05) is 146 Å². The van der Waals surface area contributed by atoms with Crippen LogP contribution in [0.1, 0.15) is 31.8 Å². The van der Waals surface area contributed by atoms with E-state index in [1.165, 1.54) is 0 Å². The van der Waals surface area contributed by atoms with E-state index in [1.807, 2.05) is 97.1 Å². The summed E-state index contributed by atoms with van der Waals surface area (Å²) in [4.78, 5) is 61.0. The topological polar surface area (TPSA) is 143 Å². The smallest absolute Gasteiger partial charge is 0.194 e. The minimum absolute atomic E-state index is 0.0641. The standard InChI is InChI=1S/C32H18N8.C14H8O2/c1-2-10-18-17(9-1)25-33-26(18)38-28-21-13-5-6-14-22(21)30(35-28)40-32-24-16-8-7-15-23(24)31(36-32)39-29-20-12-4-3-11-19(20)27(34-29)37-25;15-13-9-5-1-2-6-10(9)14(16)12-8-4-3-7-11(12)13/h1-16H,(H2,33,34,35,36,37,38,39,40);1-8H. The van der Waals surface area contributed by atoms with E-state index >= 15 is 0 Å². The number of rotatable bonds is 0. The third-order valence-corrected chi connectivity index (χ3v) is 10.3. The van der Waals surface area contributed by atoms with E-state index in [0.29, 0.717) is 68.1 Å². The second-order valence-corrected chi connectivity index (χ2v) is 13.5. The third-order valence-electron chi connectivity index (χ3n) is 10.3. The van der Waals surface area contributed by atoms with Crippen LogP contribution in [0.25, 0.3) is 89.7 Å². The maximum absolute atomic E-state index is 12.1. The fourth-order valence-corrected chi connectivity index (χ4v) is 7.64. The average Bonchev–Trinajstić information content (AvgIpc) is 3.99. The Morgan fingerprint density at radius 1 is 0.268 bits per heavy atom. The lowest BCUT2D eigenvalue weighted by atomic mass is 9.84. The van der Waals surface area contributed by atoms with Gasteiger partial charge in [0.2, 0.25) is 0 Å². The molecule has 8 bridgehead atoms. The predicted molar refractivity (Wildman–Crippen MR) is 216 cm³/mol. The van der Waals surface area contributed by atoms with Crippen LogP contribution < -0.4 is 0 Å². The van der Waals surface area contributed by atoms with Crippen LogP contribution >= 0.6 is 0 Å². The number of benzene rings is 6. The fraction of sp³-hybridized carbons (Fsp3) is 0. The summed E-state index contributed by atoms with van der Waals surface area (Å²) >= 11 is 0. The van der Waals surface area contributed by atoms with E-state index in [1.54, 1.807) is 48.5 Å². The molecule has 2 N–H and O–H groups in total. The van der Waals surface area contributed by atoms with Crippen LogP contribution in [-0.2, 0) is 0 Å². The molecule has 0 saturated heterocycles. The van der Waals surface area contributed by atoms with Crippen LogP contribution in [0.3, 0.4) is 0 Å². The summed E-state index contributed by atoms with van der Waals surface area (Å²) < 4.78 is 0. The molecule has 0 atom stereocenters. The number of fused-ring (bicyclic) bond motifs is 22. The minimum Gasteiger partial charge on any atom is -0.324 e. The number of hydrogen-bond acceptors (Lipinski definition) is 8. The third kappa shape index (κ3) is 4.90. The molecule has 0 radical (unpaired) electrons. The summed E-state index contributed by atoms with van der Waals surface area (Å²) in [5.74, 6) is 2.26. The van der Waals surface area contributed by atoms with Crippen molar-refractivity contribution in [3.05, 3.63) is 168 Å². The first-order valence-electron chi connectivity index (χ1n) is 18.1. The SMILES string of the molecule is O=C1c2ccccc2C(=O)c2ccccc21.c1ccc2c(c1)-c1nc-2nc2[nH]c(nc3nc(nc4[nH]c(n1)c1ccccc41)-c1ccccc1-3)c1ccccc21. The molecular formula is C46H26N8O2. The van der Waals surface area contributed by atoms with Crippen molar-refractivity contribution >= 4 is 55.7 Å². The zero-order chi connectivity index (χ0) is 37.3. The lowest BCUT2D eigenvalue weighted by Crippen LogP contribution is -2.20. The largest absolute Gasteiger partial charge is 0.324 e. The van der Waals surface area contributed by atoms with Gasteiger partial charge in [-0.15, -0.1) is 0 Å². The van der Waals surface area contributed by atoms with E-state index < -0.39 is 0 Å². The number of hydrogen-bond donors (Lipinski definition) is 2. The summed E-state index contributed by atoms with van der Waals surface area (Å²) in [5, 5.41) is 3.82. The van der Waals surface area contributed by atoms with E-state index in [0.717, 1.165) is 43.8 Å². The Morgan fingerprint density at radius 2 is 0.482 bits per heavy atom. The minimum atomic E-state index is -0.0641. The molecule has 5 heterocycles. The highest BCUT2D eigenvalue weighted by atomic mass is 16.1. The van der Waals surface area contributed by atoms with E-state index in [2.05, 4.69) is 9.97 Å². The summed E-state index contributed by atoms with van der Waals surface area (Å²) in [6.45, 7) is 0. The van der Waals surface area contributed by atoms with Gasteiger partial charge >= 0.3 is 0 Å². The number of H-pyrrole nitrogens is 2. The zero-order valence-electron chi connectivity index (χ0n) is 29.4. The molecule has 1 aliphatic carbocycles. The van der Waals surface area contributed by atoms with Crippen molar-refractivity contribution < 1.29 is 9.59 Å². The average molecular weight is 723 g/mol. The molecule has 2 aliphatic heterocycles. The number of nitrogens with one attached hydrogen (secondary N) is 2. The summed E-state index contributed by atoms with van der Waals surface area (Å²) in [7, 11) is 0. The molecule has 6 aromatic carbocycles. The first kappa shape index (κ1) is 31.5. The fourth-order valence-electron chi connectivity index (χ4n) is 7.64. The van der Waals surface area contributed by atoms with Crippen LogP contribution in [0.4, 0.5) is 0 Å². The molecule has 9 aromatic rings. The summed E-state index contributed by atoms with van der Waals surface area (Å²) in [6, 6.07) is 46.1. The van der Waals surface area contributed by atoms with Gasteiger partial charge in [-0.2, -0.15) is 0 Å². The molecule has 0 amide bonds. The van der Waals surface area contributed by atoms with E-state index in [9.17, 15) is 9.59 Å². The molecule has 0 fully saturated rings. The van der Waals surface area contributed by atoms with Crippen molar-refractivity contribution in [2.45, 2.75) is 0 Å². The number of carbonyl (C=O) groups is 2. The second kappa shape index (κ2) is 12.3. The van der Waals surface area contributed by atoms with Gasteiger partial charge in [0, 0.05) is 66.1 Å². The maximum Gasteiger partial charge on any atom is 0.194 e. The van der Waals surface area contributed by atoms with Crippen molar-refractivity contribution in [3.63, 3.8) is 0 Å². The van der Waals surface area contributed by atoms with Gasteiger partial charge in [0.15, 0.2) is 34.9 Å². The summed E-state index contributed by atoms with van der Waals surface area (Å²) in [6.07, 6.45) is 0. The molecule has 0 spiro atoms. The van der Waals surface area contributed by atoms with Gasteiger partial charge < -0.3 is 9.97 Å². The number of nitrogens with zero attached hydrogens (tertiary/aromatic N) is 6. The molecule has 0 unspecified atom stereocenters. The molecule has 262 valence electrons. The Kier molecular flexibility index (Phi) is 6.92. The molecule has 3 aromatic heterocycles. The van der Waals surface area contributed by atoms with E-state index in [-0.39, 0.29) is 11.6 Å².